The molecule has 0 amide bonds. The summed E-state index contributed by atoms with van der Waals surface area (Å²) in [6.07, 6.45) is 6.19. The molecule has 5 heteroatoms. The summed E-state index contributed by atoms with van der Waals surface area (Å²) in [5.74, 6) is 0.265. The molecule has 2 atom stereocenters. The van der Waals surface area contributed by atoms with E-state index in [1.165, 1.54) is 17.8 Å². The van der Waals surface area contributed by atoms with Crippen molar-refractivity contribution in [2.45, 2.75) is 79.1 Å². The number of pyridine rings is 1. The van der Waals surface area contributed by atoms with Crippen molar-refractivity contribution in [2.24, 2.45) is 5.92 Å². The van der Waals surface area contributed by atoms with Gasteiger partial charge in [0.25, 0.3) is 5.56 Å². The van der Waals surface area contributed by atoms with Crippen molar-refractivity contribution in [1.82, 2.24) is 4.98 Å². The Morgan fingerprint density at radius 3 is 2.41 bits per heavy atom. The Kier molecular flexibility index (Phi) is 7.87. The third-order valence-electron chi connectivity index (χ3n) is 5.66. The van der Waals surface area contributed by atoms with Crippen molar-refractivity contribution in [3.8, 4) is 5.75 Å². The monoisotopic (exact) mass is 391 g/mol. The number of rotatable bonds is 7. The lowest BCUT2D eigenvalue weighted by atomic mass is 9.91. The van der Waals surface area contributed by atoms with E-state index in [4.69, 9.17) is 4.43 Å². The Balaban J connectivity index is 3.09. The minimum Gasteiger partial charge on any atom is -0.507 e. The van der Waals surface area contributed by atoms with Crippen molar-refractivity contribution in [2.75, 3.05) is 0 Å². The quantitative estimate of drug-likeness (QED) is 0.451. The zero-order valence-electron chi connectivity index (χ0n) is 18.4. The summed E-state index contributed by atoms with van der Waals surface area (Å²) in [6.45, 7) is 19.7. The van der Waals surface area contributed by atoms with E-state index in [1.54, 1.807) is 6.08 Å². The molecule has 4 nitrogen and oxygen atoms in total. The molecule has 0 unspecified atom stereocenters. The fraction of sp³-hybridized carbons (Fsp3) is 0.591. The molecule has 1 aromatic heterocycles. The van der Waals surface area contributed by atoms with E-state index in [-0.39, 0.29) is 28.4 Å². The SMILES string of the molecule is C/C=C(/C)[C@H](O[Si](C)(C)C(C)(C)C)[C@H](C)C/C(C)=C/c1c(O)cc[nH]c1=O. The highest BCUT2D eigenvalue weighted by atomic mass is 28.4. The second-order valence-corrected chi connectivity index (χ2v) is 13.9. The standard InChI is InChI=1S/C22H37NO3Si/c1-10-16(3)20(26-27(8,9)22(5,6)7)17(4)13-15(2)14-18-19(24)11-12-23-21(18)25/h10-12,14,17,20H,13H2,1-9H3,(H2,23,24,25)/b15-14+,16-10-/t17-,20+/m1/s1. The lowest BCUT2D eigenvalue weighted by Crippen LogP contribution is -2.45. The summed E-state index contributed by atoms with van der Waals surface area (Å²) < 4.78 is 6.74. The Morgan fingerprint density at radius 2 is 1.93 bits per heavy atom. The fourth-order valence-electron chi connectivity index (χ4n) is 2.86. The number of aromatic amines is 1. The Bertz CT molecular complexity index is 754. The van der Waals surface area contributed by atoms with Gasteiger partial charge in [0, 0.05) is 6.20 Å². The number of allylic oxidation sites excluding steroid dienone is 2. The van der Waals surface area contributed by atoms with Crippen LogP contribution in [0.5, 0.6) is 5.75 Å². The molecule has 0 radical (unpaired) electrons. The van der Waals surface area contributed by atoms with E-state index in [0.717, 1.165) is 12.0 Å². The van der Waals surface area contributed by atoms with Crippen LogP contribution in [-0.2, 0) is 4.43 Å². The highest BCUT2D eigenvalue weighted by molar-refractivity contribution is 6.74. The predicted molar refractivity (Wildman–Crippen MR) is 118 cm³/mol. The van der Waals surface area contributed by atoms with Crippen molar-refractivity contribution in [3.05, 3.63) is 45.4 Å². The first-order valence-corrected chi connectivity index (χ1v) is 12.6. The molecule has 1 heterocycles. The van der Waals surface area contributed by atoms with Gasteiger partial charge in [0.2, 0.25) is 0 Å². The average molecular weight is 392 g/mol. The number of aromatic nitrogens is 1. The highest BCUT2D eigenvalue weighted by Gasteiger charge is 2.40. The van der Waals surface area contributed by atoms with Crippen LogP contribution in [0, 0.1) is 5.92 Å². The molecule has 0 aliphatic heterocycles. The number of H-pyrrole nitrogens is 1. The number of aromatic hydroxyl groups is 1. The minimum atomic E-state index is -1.91. The zero-order valence-corrected chi connectivity index (χ0v) is 19.4. The van der Waals surface area contributed by atoms with Gasteiger partial charge in [0.05, 0.1) is 11.7 Å². The van der Waals surface area contributed by atoms with E-state index in [0.29, 0.717) is 5.56 Å². The minimum absolute atomic E-state index is 0.00413. The van der Waals surface area contributed by atoms with Gasteiger partial charge in [-0.3, -0.25) is 4.79 Å². The van der Waals surface area contributed by atoms with Crippen molar-refractivity contribution < 1.29 is 9.53 Å². The molecule has 0 aliphatic rings. The van der Waals surface area contributed by atoms with Gasteiger partial charge >= 0.3 is 0 Å². The first-order chi connectivity index (χ1) is 12.3. The van der Waals surface area contributed by atoms with Crippen molar-refractivity contribution in [1.29, 1.82) is 0 Å². The summed E-state index contributed by atoms with van der Waals surface area (Å²) in [6, 6.07) is 1.50. The van der Waals surface area contributed by atoms with Gasteiger partial charge in [-0.2, -0.15) is 0 Å². The van der Waals surface area contributed by atoms with Crippen LogP contribution in [0.3, 0.4) is 0 Å². The summed E-state index contributed by atoms with van der Waals surface area (Å²) >= 11 is 0. The lowest BCUT2D eigenvalue weighted by Gasteiger charge is -2.41. The van der Waals surface area contributed by atoms with Gasteiger partial charge < -0.3 is 14.5 Å². The molecule has 0 aliphatic carbocycles. The molecule has 1 rings (SSSR count). The van der Waals surface area contributed by atoms with Crippen LogP contribution in [0.15, 0.2) is 34.3 Å². The smallest absolute Gasteiger partial charge is 0.258 e. The molecule has 2 N–H and O–H groups in total. The maximum absolute atomic E-state index is 12.0. The zero-order chi connectivity index (χ0) is 21.0. The molecule has 27 heavy (non-hydrogen) atoms. The molecule has 0 saturated heterocycles. The molecule has 0 bridgehead atoms. The molecule has 0 aromatic carbocycles. The molecule has 152 valence electrons. The summed E-state index contributed by atoms with van der Waals surface area (Å²) in [5.41, 5.74) is 2.32. The highest BCUT2D eigenvalue weighted by Crippen LogP contribution is 2.39. The first-order valence-electron chi connectivity index (χ1n) is 9.68. The molecule has 0 spiro atoms. The third-order valence-corrected chi connectivity index (χ3v) is 10.1. The van der Waals surface area contributed by atoms with Gasteiger partial charge in [-0.25, -0.2) is 0 Å². The van der Waals surface area contributed by atoms with Crippen LogP contribution in [-0.4, -0.2) is 24.5 Å². The largest absolute Gasteiger partial charge is 0.507 e. The summed E-state index contributed by atoms with van der Waals surface area (Å²) in [5, 5.41) is 10.1. The van der Waals surface area contributed by atoms with E-state index >= 15 is 0 Å². The molecular weight excluding hydrogens is 354 g/mol. The van der Waals surface area contributed by atoms with E-state index in [9.17, 15) is 9.90 Å². The number of hydrogen-bond acceptors (Lipinski definition) is 3. The van der Waals surface area contributed by atoms with Gasteiger partial charge in [-0.05, 0) is 69.0 Å². The van der Waals surface area contributed by atoms with E-state index < -0.39 is 8.32 Å². The summed E-state index contributed by atoms with van der Waals surface area (Å²) in [7, 11) is -1.91. The average Bonchev–Trinajstić information content (AvgIpc) is 2.54. The Labute approximate surface area is 165 Å². The number of hydrogen-bond donors (Lipinski definition) is 2. The lowest BCUT2D eigenvalue weighted by molar-refractivity contribution is 0.157. The second-order valence-electron chi connectivity index (χ2n) is 9.11. The Morgan fingerprint density at radius 1 is 1.33 bits per heavy atom. The van der Waals surface area contributed by atoms with Gasteiger partial charge in [-0.15, -0.1) is 0 Å². The molecule has 0 saturated carbocycles. The van der Waals surface area contributed by atoms with E-state index in [2.05, 4.69) is 58.8 Å². The normalized spacial score (nSPS) is 16.3. The summed E-state index contributed by atoms with van der Waals surface area (Å²) in [4.78, 5) is 14.6. The van der Waals surface area contributed by atoms with Crippen molar-refractivity contribution >= 4 is 14.4 Å². The van der Waals surface area contributed by atoms with Crippen LogP contribution in [0.1, 0.15) is 60.5 Å². The topological polar surface area (TPSA) is 62.3 Å². The van der Waals surface area contributed by atoms with Crippen LogP contribution < -0.4 is 5.56 Å². The van der Waals surface area contributed by atoms with Crippen LogP contribution in [0.2, 0.25) is 18.1 Å². The fourth-order valence-corrected chi connectivity index (χ4v) is 4.26. The maximum atomic E-state index is 12.0. The first kappa shape index (κ1) is 23.4. The Hall–Kier alpha value is -1.59. The maximum Gasteiger partial charge on any atom is 0.258 e. The van der Waals surface area contributed by atoms with Crippen molar-refractivity contribution in [3.63, 3.8) is 0 Å². The molecule has 0 fully saturated rings. The predicted octanol–water partition coefficient (Wildman–Crippen LogP) is 5.87. The van der Waals surface area contributed by atoms with Gasteiger partial charge in [0.15, 0.2) is 8.32 Å². The molecular formula is C22H37NO3Si. The van der Waals surface area contributed by atoms with E-state index in [1.807, 2.05) is 13.8 Å². The second kappa shape index (κ2) is 9.07. The van der Waals surface area contributed by atoms with Crippen LogP contribution >= 0.6 is 0 Å². The van der Waals surface area contributed by atoms with Gasteiger partial charge in [-0.1, -0.05) is 39.3 Å². The molecule has 1 aromatic rings. The van der Waals surface area contributed by atoms with Crippen LogP contribution in [0.25, 0.3) is 6.08 Å². The van der Waals surface area contributed by atoms with Crippen LogP contribution in [0.4, 0.5) is 0 Å². The number of nitrogens with one attached hydrogen (secondary N) is 1. The third kappa shape index (κ3) is 6.21. The van der Waals surface area contributed by atoms with Gasteiger partial charge in [0.1, 0.15) is 5.75 Å².